The number of anilines is 1. The first kappa shape index (κ1) is 11.8. The topological polar surface area (TPSA) is 98.2 Å². The second-order valence-electron chi connectivity index (χ2n) is 3.19. The van der Waals surface area contributed by atoms with Crippen LogP contribution in [0.25, 0.3) is 6.08 Å². The lowest BCUT2D eigenvalue weighted by Gasteiger charge is -2.01. The maximum Gasteiger partial charge on any atom is 0.316 e. The number of amides is 3. The Morgan fingerprint density at radius 3 is 2.69 bits per heavy atom. The van der Waals surface area contributed by atoms with Gasteiger partial charge in [-0.2, -0.15) is 0 Å². The van der Waals surface area contributed by atoms with Crippen molar-refractivity contribution in [3.05, 3.63) is 35.9 Å². The number of primary amides is 2. The molecule has 0 fully saturated rings. The van der Waals surface area contributed by atoms with E-state index in [4.69, 9.17) is 11.5 Å². The summed E-state index contributed by atoms with van der Waals surface area (Å²) >= 11 is 0. The highest BCUT2D eigenvalue weighted by Crippen LogP contribution is 2.11. The molecule has 0 unspecified atom stereocenters. The van der Waals surface area contributed by atoms with Crippen molar-refractivity contribution in [2.75, 3.05) is 5.32 Å². The summed E-state index contributed by atoms with van der Waals surface area (Å²) in [6, 6.07) is 6.45. The first-order valence-electron chi connectivity index (χ1n) is 4.69. The predicted octanol–water partition coefficient (Wildman–Crippen LogP) is 1.07. The Labute approximate surface area is 93.1 Å². The molecule has 1 rings (SSSR count). The van der Waals surface area contributed by atoms with Gasteiger partial charge in [0.1, 0.15) is 0 Å². The molecule has 0 atom stereocenters. The number of carbonyl (C=O) groups excluding carboxylic acids is 2. The van der Waals surface area contributed by atoms with Crippen LogP contribution >= 0.6 is 0 Å². The summed E-state index contributed by atoms with van der Waals surface area (Å²) in [7, 11) is 0. The van der Waals surface area contributed by atoms with Crippen LogP contribution < -0.4 is 16.8 Å². The van der Waals surface area contributed by atoms with Gasteiger partial charge in [0.15, 0.2) is 0 Å². The van der Waals surface area contributed by atoms with E-state index in [0.717, 1.165) is 5.56 Å². The first-order valence-corrected chi connectivity index (χ1v) is 4.69. The van der Waals surface area contributed by atoms with Crippen LogP contribution in [0.1, 0.15) is 12.0 Å². The van der Waals surface area contributed by atoms with E-state index >= 15 is 0 Å². The molecule has 5 nitrogen and oxygen atoms in total. The summed E-state index contributed by atoms with van der Waals surface area (Å²) in [5.74, 6) is -0.386. The molecular weight excluding hydrogens is 206 g/mol. The molecular formula is C11H13N3O2. The Balaban J connectivity index is 2.70. The van der Waals surface area contributed by atoms with Crippen molar-refractivity contribution in [3.8, 4) is 0 Å². The second kappa shape index (κ2) is 5.55. The van der Waals surface area contributed by atoms with Crippen molar-refractivity contribution in [3.63, 3.8) is 0 Å². The van der Waals surface area contributed by atoms with Gasteiger partial charge in [-0.1, -0.05) is 24.3 Å². The van der Waals surface area contributed by atoms with E-state index in [-0.39, 0.29) is 12.3 Å². The number of rotatable bonds is 4. The molecule has 5 N–H and O–H groups in total. The molecule has 0 saturated heterocycles. The molecule has 0 radical (unpaired) electrons. The summed E-state index contributed by atoms with van der Waals surface area (Å²) < 4.78 is 0. The largest absolute Gasteiger partial charge is 0.369 e. The van der Waals surface area contributed by atoms with Gasteiger partial charge in [-0.05, 0) is 17.7 Å². The highest BCUT2D eigenvalue weighted by atomic mass is 16.2. The lowest BCUT2D eigenvalue weighted by atomic mass is 10.2. The van der Waals surface area contributed by atoms with Gasteiger partial charge in [0.05, 0.1) is 0 Å². The molecule has 0 aliphatic carbocycles. The summed E-state index contributed by atoms with van der Waals surface area (Å²) in [6.45, 7) is 0. The highest BCUT2D eigenvalue weighted by molar-refractivity contribution is 5.88. The Kier molecular flexibility index (Phi) is 4.08. The van der Waals surface area contributed by atoms with Crippen LogP contribution in [-0.2, 0) is 4.79 Å². The predicted molar refractivity (Wildman–Crippen MR) is 62.5 cm³/mol. The molecule has 3 amide bonds. The van der Waals surface area contributed by atoms with Crippen LogP contribution in [0.15, 0.2) is 30.3 Å². The molecule has 0 spiro atoms. The highest BCUT2D eigenvalue weighted by Gasteiger charge is 1.96. The normalized spacial score (nSPS) is 10.2. The fourth-order valence-corrected chi connectivity index (χ4v) is 1.17. The fraction of sp³-hybridized carbons (Fsp3) is 0.0909. The zero-order chi connectivity index (χ0) is 12.0. The lowest BCUT2D eigenvalue weighted by molar-refractivity contribution is -0.117. The minimum Gasteiger partial charge on any atom is -0.369 e. The summed E-state index contributed by atoms with van der Waals surface area (Å²) in [4.78, 5) is 21.1. The zero-order valence-corrected chi connectivity index (χ0v) is 8.64. The first-order chi connectivity index (χ1) is 7.58. The molecule has 0 aliphatic rings. The quantitative estimate of drug-likeness (QED) is 0.705. The molecule has 84 valence electrons. The standard InChI is InChI=1S/C11H13N3O2/c12-10(15)6-2-4-8-3-1-5-9(7-8)14-11(13)16/h1-5,7H,6H2,(H2,12,15)(H3,13,14,16). The van der Waals surface area contributed by atoms with E-state index in [9.17, 15) is 9.59 Å². The Hall–Kier alpha value is -2.30. The molecule has 1 aromatic rings. The summed E-state index contributed by atoms with van der Waals surface area (Å²) in [6.07, 6.45) is 3.59. The van der Waals surface area contributed by atoms with Crippen molar-refractivity contribution in [2.45, 2.75) is 6.42 Å². The number of hydrogen-bond acceptors (Lipinski definition) is 2. The average Bonchev–Trinajstić information content (AvgIpc) is 2.16. The van der Waals surface area contributed by atoms with Crippen LogP contribution in [-0.4, -0.2) is 11.9 Å². The molecule has 0 aliphatic heterocycles. The molecule has 0 heterocycles. The van der Waals surface area contributed by atoms with E-state index in [1.807, 2.05) is 6.07 Å². The van der Waals surface area contributed by atoms with E-state index in [1.54, 1.807) is 30.4 Å². The fourth-order valence-electron chi connectivity index (χ4n) is 1.17. The molecule has 16 heavy (non-hydrogen) atoms. The maximum atomic E-state index is 10.6. The average molecular weight is 219 g/mol. The van der Waals surface area contributed by atoms with Gasteiger partial charge in [-0.3, -0.25) is 4.79 Å². The number of carbonyl (C=O) groups is 2. The second-order valence-corrected chi connectivity index (χ2v) is 3.19. The van der Waals surface area contributed by atoms with Crippen molar-refractivity contribution in [1.29, 1.82) is 0 Å². The SMILES string of the molecule is NC(=O)CC=Cc1cccc(NC(N)=O)c1. The minimum atomic E-state index is -0.613. The van der Waals surface area contributed by atoms with Crippen LogP contribution in [0.2, 0.25) is 0 Å². The van der Waals surface area contributed by atoms with Gasteiger partial charge >= 0.3 is 6.03 Å². The molecule has 5 heteroatoms. The van der Waals surface area contributed by atoms with E-state index < -0.39 is 6.03 Å². The number of urea groups is 1. The Bertz CT molecular complexity index is 427. The van der Waals surface area contributed by atoms with E-state index in [1.165, 1.54) is 0 Å². The zero-order valence-electron chi connectivity index (χ0n) is 8.64. The van der Waals surface area contributed by atoms with Gasteiger partial charge in [0.25, 0.3) is 0 Å². The third kappa shape index (κ3) is 4.28. The number of benzene rings is 1. The van der Waals surface area contributed by atoms with Crippen LogP contribution in [0.5, 0.6) is 0 Å². The van der Waals surface area contributed by atoms with E-state index in [2.05, 4.69) is 5.32 Å². The number of nitrogens with two attached hydrogens (primary N) is 2. The maximum absolute atomic E-state index is 10.6. The third-order valence-corrected chi connectivity index (χ3v) is 1.78. The summed E-state index contributed by atoms with van der Waals surface area (Å²) in [5, 5.41) is 2.46. The third-order valence-electron chi connectivity index (χ3n) is 1.78. The minimum absolute atomic E-state index is 0.188. The van der Waals surface area contributed by atoms with Gasteiger partial charge in [-0.15, -0.1) is 0 Å². The lowest BCUT2D eigenvalue weighted by Crippen LogP contribution is -2.19. The van der Waals surface area contributed by atoms with Gasteiger partial charge in [0.2, 0.25) is 5.91 Å². The van der Waals surface area contributed by atoms with E-state index in [0.29, 0.717) is 5.69 Å². The number of nitrogens with one attached hydrogen (secondary N) is 1. The van der Waals surface area contributed by atoms with Crippen molar-refractivity contribution >= 4 is 23.7 Å². The van der Waals surface area contributed by atoms with Crippen molar-refractivity contribution in [1.82, 2.24) is 0 Å². The number of hydrogen-bond donors (Lipinski definition) is 3. The van der Waals surface area contributed by atoms with Crippen LogP contribution in [0, 0.1) is 0 Å². The van der Waals surface area contributed by atoms with Gasteiger partial charge in [0, 0.05) is 12.1 Å². The van der Waals surface area contributed by atoms with Crippen molar-refractivity contribution < 1.29 is 9.59 Å². The molecule has 0 bridgehead atoms. The van der Waals surface area contributed by atoms with Gasteiger partial charge < -0.3 is 16.8 Å². The molecule has 0 saturated carbocycles. The Morgan fingerprint density at radius 1 is 1.31 bits per heavy atom. The van der Waals surface area contributed by atoms with Crippen LogP contribution in [0.3, 0.4) is 0 Å². The smallest absolute Gasteiger partial charge is 0.316 e. The summed E-state index contributed by atoms with van der Waals surface area (Å²) in [5.41, 5.74) is 11.4. The molecule has 0 aromatic heterocycles. The van der Waals surface area contributed by atoms with Crippen LogP contribution in [0.4, 0.5) is 10.5 Å². The van der Waals surface area contributed by atoms with Gasteiger partial charge in [-0.25, -0.2) is 4.79 Å². The monoisotopic (exact) mass is 219 g/mol. The Morgan fingerprint density at radius 2 is 2.06 bits per heavy atom. The van der Waals surface area contributed by atoms with Crippen molar-refractivity contribution in [2.24, 2.45) is 11.5 Å². The molecule has 1 aromatic carbocycles.